The summed E-state index contributed by atoms with van der Waals surface area (Å²) in [4.78, 5) is 7.12. The average Bonchev–Trinajstić information content (AvgIpc) is 3.51. The summed E-state index contributed by atoms with van der Waals surface area (Å²) in [5.74, 6) is 3.32. The lowest BCUT2D eigenvalue weighted by molar-refractivity contribution is 0.174. The van der Waals surface area contributed by atoms with Gasteiger partial charge in [-0.25, -0.2) is 0 Å². The Hall–Kier alpha value is -2.00. The van der Waals surface area contributed by atoms with Crippen LogP contribution < -0.4 is 18.9 Å². The maximum Gasteiger partial charge on any atom is 0.180 e. The van der Waals surface area contributed by atoms with Crippen LogP contribution in [-0.2, 0) is 0 Å². The first-order valence-electron chi connectivity index (χ1n) is 8.56. The summed E-state index contributed by atoms with van der Waals surface area (Å²) in [6.07, 6.45) is 0. The van der Waals surface area contributed by atoms with Crippen molar-refractivity contribution < 1.29 is 18.9 Å². The predicted molar refractivity (Wildman–Crippen MR) is 118 cm³/mol. The summed E-state index contributed by atoms with van der Waals surface area (Å²) in [5.41, 5.74) is 0. The highest BCUT2D eigenvalue weighted by Crippen LogP contribution is 2.51. The molecule has 5 rings (SSSR count). The monoisotopic (exact) mass is 448 g/mol. The van der Waals surface area contributed by atoms with Crippen molar-refractivity contribution in [3.05, 3.63) is 35.0 Å². The minimum Gasteiger partial charge on any atom is -0.492 e. The fraction of sp³-hybridized carbons (Fsp3) is 0.200. The topological polar surface area (TPSA) is 36.9 Å². The lowest BCUT2D eigenvalue weighted by Gasteiger charge is -2.15. The number of hydrogen-bond donors (Lipinski definition) is 0. The fourth-order valence-electron chi connectivity index (χ4n) is 3.05. The second-order valence-corrected chi connectivity index (χ2v) is 9.88. The minimum atomic E-state index is 0.607. The first-order chi connectivity index (χ1) is 13.8. The fourth-order valence-corrected chi connectivity index (χ4v) is 7.32. The molecule has 28 heavy (non-hydrogen) atoms. The molecule has 0 spiro atoms. The van der Waals surface area contributed by atoms with Gasteiger partial charge in [-0.3, -0.25) is 0 Å². The first kappa shape index (κ1) is 18.1. The number of rotatable bonds is 5. The molecular weight excluding hydrogens is 432 g/mol. The highest BCUT2D eigenvalue weighted by Gasteiger charge is 2.22. The number of thiophene rings is 4. The molecule has 4 aromatic heterocycles. The molecule has 0 radical (unpaired) electrons. The molecule has 0 saturated heterocycles. The first-order valence-corrected chi connectivity index (χ1v) is 11.9. The van der Waals surface area contributed by atoms with Crippen molar-refractivity contribution in [3.63, 3.8) is 0 Å². The molecule has 0 aliphatic carbocycles. The molecule has 1 aliphatic rings. The van der Waals surface area contributed by atoms with Crippen LogP contribution in [0.1, 0.15) is 0 Å². The third kappa shape index (κ3) is 3.00. The lowest BCUT2D eigenvalue weighted by atomic mass is 10.3. The molecule has 0 atom stereocenters. The van der Waals surface area contributed by atoms with Gasteiger partial charge in [0.05, 0.1) is 24.0 Å². The van der Waals surface area contributed by atoms with E-state index < -0.39 is 0 Å². The van der Waals surface area contributed by atoms with Crippen LogP contribution in [0.3, 0.4) is 0 Å². The van der Waals surface area contributed by atoms with E-state index in [1.807, 2.05) is 10.8 Å². The van der Waals surface area contributed by atoms with Crippen molar-refractivity contribution in [2.24, 2.45) is 0 Å². The van der Waals surface area contributed by atoms with Crippen molar-refractivity contribution in [2.75, 3.05) is 27.4 Å². The van der Waals surface area contributed by atoms with Gasteiger partial charge < -0.3 is 18.9 Å². The molecule has 0 bridgehead atoms. The molecule has 0 unspecified atom stereocenters. The number of methoxy groups -OCH3 is 2. The summed E-state index contributed by atoms with van der Waals surface area (Å²) in [6, 6.07) is 8.66. The molecule has 4 aromatic rings. The Morgan fingerprint density at radius 3 is 2.11 bits per heavy atom. The van der Waals surface area contributed by atoms with Crippen LogP contribution in [0.2, 0.25) is 0 Å². The molecule has 0 N–H and O–H groups in total. The third-order valence-corrected chi connectivity index (χ3v) is 8.95. The zero-order valence-corrected chi connectivity index (χ0v) is 18.4. The quantitative estimate of drug-likeness (QED) is 0.339. The highest BCUT2D eigenvalue weighted by atomic mass is 32.1. The Balaban J connectivity index is 1.46. The van der Waals surface area contributed by atoms with Gasteiger partial charge in [-0.15, -0.1) is 45.3 Å². The average molecular weight is 449 g/mol. The van der Waals surface area contributed by atoms with Gasteiger partial charge in [0.2, 0.25) is 0 Å². The van der Waals surface area contributed by atoms with E-state index >= 15 is 0 Å². The van der Waals surface area contributed by atoms with Gasteiger partial charge in [-0.1, -0.05) is 0 Å². The minimum absolute atomic E-state index is 0.607. The number of hydrogen-bond acceptors (Lipinski definition) is 8. The number of ether oxygens (including phenoxy) is 4. The highest BCUT2D eigenvalue weighted by molar-refractivity contribution is 7.28. The van der Waals surface area contributed by atoms with Crippen LogP contribution in [0.25, 0.3) is 29.3 Å². The van der Waals surface area contributed by atoms with E-state index in [2.05, 4.69) is 24.3 Å². The Kier molecular flexibility index (Phi) is 4.80. The van der Waals surface area contributed by atoms with Gasteiger partial charge in [-0.05, 0) is 24.3 Å². The van der Waals surface area contributed by atoms with E-state index in [0.29, 0.717) is 13.2 Å². The SMILES string of the molecule is COc1csc(-c2ccc(-c3ccc(-c4scc5c4OCCO5)s3)s2)c1OC. The molecule has 144 valence electrons. The van der Waals surface area contributed by atoms with E-state index in [0.717, 1.165) is 32.8 Å². The molecule has 0 amide bonds. The van der Waals surface area contributed by atoms with Crippen LogP contribution >= 0.6 is 45.3 Å². The van der Waals surface area contributed by atoms with Crippen LogP contribution in [0.5, 0.6) is 23.0 Å². The molecular formula is C20H16O4S4. The second-order valence-electron chi connectivity index (χ2n) is 5.95. The lowest BCUT2D eigenvalue weighted by Crippen LogP contribution is -2.14. The molecule has 0 saturated carbocycles. The standard InChI is InChI=1S/C20H16O4S4/c1-21-11-9-25-19(17(11)22-2)15-5-3-13(27-15)14-4-6-16(28-14)20-18-12(10-26-20)23-7-8-24-18/h3-6,9-10H,7-8H2,1-2H3. The Labute approximate surface area is 178 Å². The van der Waals surface area contributed by atoms with Crippen molar-refractivity contribution in [1.29, 1.82) is 0 Å². The smallest absolute Gasteiger partial charge is 0.180 e. The maximum atomic E-state index is 5.83. The van der Waals surface area contributed by atoms with Gasteiger partial charge in [-0.2, -0.15) is 0 Å². The van der Waals surface area contributed by atoms with Crippen LogP contribution in [-0.4, -0.2) is 27.4 Å². The Morgan fingerprint density at radius 1 is 0.750 bits per heavy atom. The zero-order chi connectivity index (χ0) is 19.1. The third-order valence-electron chi connectivity index (χ3n) is 4.34. The molecule has 0 fully saturated rings. The van der Waals surface area contributed by atoms with Crippen molar-refractivity contribution >= 4 is 45.3 Å². The summed E-state index contributed by atoms with van der Waals surface area (Å²) < 4.78 is 22.5. The van der Waals surface area contributed by atoms with E-state index in [1.54, 1.807) is 59.6 Å². The summed E-state index contributed by atoms with van der Waals surface area (Å²) in [7, 11) is 3.35. The van der Waals surface area contributed by atoms with Gasteiger partial charge in [0.25, 0.3) is 0 Å². The normalized spacial score (nSPS) is 12.9. The molecule has 1 aliphatic heterocycles. The van der Waals surface area contributed by atoms with E-state index in [4.69, 9.17) is 18.9 Å². The summed E-state index contributed by atoms with van der Waals surface area (Å²) >= 11 is 6.86. The molecule has 4 nitrogen and oxygen atoms in total. The van der Waals surface area contributed by atoms with Gasteiger partial charge in [0, 0.05) is 30.3 Å². The largest absolute Gasteiger partial charge is 0.492 e. The van der Waals surface area contributed by atoms with Gasteiger partial charge in [0.15, 0.2) is 23.0 Å². The maximum absolute atomic E-state index is 5.83. The van der Waals surface area contributed by atoms with E-state index in [9.17, 15) is 0 Å². The van der Waals surface area contributed by atoms with Crippen LogP contribution in [0, 0.1) is 0 Å². The Morgan fingerprint density at radius 2 is 1.39 bits per heavy atom. The van der Waals surface area contributed by atoms with Gasteiger partial charge >= 0.3 is 0 Å². The van der Waals surface area contributed by atoms with Crippen LogP contribution in [0.4, 0.5) is 0 Å². The zero-order valence-electron chi connectivity index (χ0n) is 15.1. The molecule has 8 heteroatoms. The molecule has 5 heterocycles. The predicted octanol–water partition coefficient (Wildman–Crippen LogP) is 6.72. The Bertz CT molecular complexity index is 1050. The van der Waals surface area contributed by atoms with Crippen molar-refractivity contribution in [1.82, 2.24) is 0 Å². The van der Waals surface area contributed by atoms with E-state index in [-0.39, 0.29) is 0 Å². The van der Waals surface area contributed by atoms with Crippen molar-refractivity contribution in [2.45, 2.75) is 0 Å². The van der Waals surface area contributed by atoms with Crippen LogP contribution in [0.15, 0.2) is 35.0 Å². The number of fused-ring (bicyclic) bond motifs is 1. The second kappa shape index (κ2) is 7.44. The van der Waals surface area contributed by atoms with E-state index in [1.165, 1.54) is 19.5 Å². The van der Waals surface area contributed by atoms with Crippen molar-refractivity contribution in [3.8, 4) is 52.3 Å². The molecule has 0 aromatic carbocycles. The summed E-state index contributed by atoms with van der Waals surface area (Å²) in [5, 5.41) is 4.02. The van der Waals surface area contributed by atoms with Gasteiger partial charge in [0.1, 0.15) is 13.2 Å². The summed E-state index contributed by atoms with van der Waals surface area (Å²) in [6.45, 7) is 1.23.